The standard InChI is InChI=1S/C11H13FN2/c1-7(13-2)10-6-14-11-5-8(12)3-4-9(10)11/h3-7,13-14H,1-2H3. The number of benzene rings is 1. The molecular weight excluding hydrogens is 179 g/mol. The highest BCUT2D eigenvalue weighted by molar-refractivity contribution is 5.83. The first kappa shape index (κ1) is 9.21. The van der Waals surface area contributed by atoms with Gasteiger partial charge in [0.05, 0.1) is 0 Å². The minimum absolute atomic E-state index is 0.206. The van der Waals surface area contributed by atoms with Crippen LogP contribution in [0, 0.1) is 5.82 Å². The van der Waals surface area contributed by atoms with Crippen molar-refractivity contribution < 1.29 is 4.39 Å². The molecule has 0 aliphatic heterocycles. The zero-order valence-electron chi connectivity index (χ0n) is 8.26. The fraction of sp³-hybridized carbons (Fsp3) is 0.273. The van der Waals surface area contributed by atoms with E-state index in [1.54, 1.807) is 0 Å². The average Bonchev–Trinajstić information content (AvgIpc) is 2.59. The van der Waals surface area contributed by atoms with Crippen molar-refractivity contribution in [1.82, 2.24) is 10.3 Å². The first-order chi connectivity index (χ1) is 6.72. The van der Waals surface area contributed by atoms with E-state index < -0.39 is 0 Å². The number of nitrogens with one attached hydrogen (secondary N) is 2. The molecule has 2 aromatic rings. The third-order valence-corrected chi connectivity index (χ3v) is 2.58. The molecule has 1 unspecified atom stereocenters. The van der Waals surface area contributed by atoms with Gasteiger partial charge in [0, 0.05) is 23.1 Å². The molecule has 2 rings (SSSR count). The monoisotopic (exact) mass is 192 g/mol. The number of halogens is 1. The van der Waals surface area contributed by atoms with Crippen LogP contribution >= 0.6 is 0 Å². The second-order valence-electron chi connectivity index (χ2n) is 3.44. The predicted molar refractivity (Wildman–Crippen MR) is 55.7 cm³/mol. The largest absolute Gasteiger partial charge is 0.361 e. The lowest BCUT2D eigenvalue weighted by Crippen LogP contribution is -2.11. The number of H-pyrrole nitrogens is 1. The summed E-state index contributed by atoms with van der Waals surface area (Å²) in [5.74, 6) is -0.206. The maximum Gasteiger partial charge on any atom is 0.125 e. The zero-order chi connectivity index (χ0) is 10.1. The van der Waals surface area contributed by atoms with Gasteiger partial charge in [-0.1, -0.05) is 0 Å². The van der Waals surface area contributed by atoms with Crippen molar-refractivity contribution in [2.75, 3.05) is 7.05 Å². The number of hydrogen-bond donors (Lipinski definition) is 2. The molecule has 1 aromatic carbocycles. The van der Waals surface area contributed by atoms with Crippen molar-refractivity contribution >= 4 is 10.9 Å². The van der Waals surface area contributed by atoms with E-state index in [9.17, 15) is 4.39 Å². The second kappa shape index (κ2) is 3.42. The molecule has 0 saturated carbocycles. The van der Waals surface area contributed by atoms with Crippen LogP contribution in [0.15, 0.2) is 24.4 Å². The Bertz CT molecular complexity index is 447. The van der Waals surface area contributed by atoms with Crippen LogP contribution in [0.2, 0.25) is 0 Å². The van der Waals surface area contributed by atoms with E-state index in [4.69, 9.17) is 0 Å². The molecular formula is C11H13FN2. The summed E-state index contributed by atoms with van der Waals surface area (Å²) in [5, 5.41) is 4.24. The number of hydrogen-bond acceptors (Lipinski definition) is 1. The molecule has 3 heteroatoms. The summed E-state index contributed by atoms with van der Waals surface area (Å²) in [6, 6.07) is 5.09. The average molecular weight is 192 g/mol. The lowest BCUT2D eigenvalue weighted by Gasteiger charge is -2.08. The fourth-order valence-corrected chi connectivity index (χ4v) is 1.63. The van der Waals surface area contributed by atoms with E-state index in [0.717, 1.165) is 10.9 Å². The summed E-state index contributed by atoms with van der Waals surface area (Å²) in [7, 11) is 1.91. The molecule has 0 aliphatic rings. The Labute approximate surface area is 82.1 Å². The van der Waals surface area contributed by atoms with Crippen LogP contribution in [-0.4, -0.2) is 12.0 Å². The van der Waals surface area contributed by atoms with Gasteiger partial charge < -0.3 is 10.3 Å². The van der Waals surface area contributed by atoms with Crippen LogP contribution in [0.25, 0.3) is 10.9 Å². The van der Waals surface area contributed by atoms with Crippen molar-refractivity contribution in [2.45, 2.75) is 13.0 Å². The van der Waals surface area contributed by atoms with Gasteiger partial charge in [0.2, 0.25) is 0 Å². The zero-order valence-corrected chi connectivity index (χ0v) is 8.26. The SMILES string of the molecule is CNC(C)c1c[nH]c2cc(F)ccc12. The summed E-state index contributed by atoms with van der Waals surface area (Å²) in [6.45, 7) is 2.08. The lowest BCUT2D eigenvalue weighted by atomic mass is 10.1. The molecule has 14 heavy (non-hydrogen) atoms. The van der Waals surface area contributed by atoms with Crippen LogP contribution in [0.1, 0.15) is 18.5 Å². The van der Waals surface area contributed by atoms with Gasteiger partial charge in [-0.2, -0.15) is 0 Å². The van der Waals surface area contributed by atoms with Gasteiger partial charge in [0.15, 0.2) is 0 Å². The Morgan fingerprint density at radius 1 is 1.43 bits per heavy atom. The fourth-order valence-electron chi connectivity index (χ4n) is 1.63. The van der Waals surface area contributed by atoms with E-state index in [-0.39, 0.29) is 11.9 Å². The van der Waals surface area contributed by atoms with Crippen LogP contribution < -0.4 is 5.32 Å². The van der Waals surface area contributed by atoms with Crippen molar-refractivity contribution in [3.8, 4) is 0 Å². The van der Waals surface area contributed by atoms with Crippen LogP contribution in [0.3, 0.4) is 0 Å². The molecule has 2 N–H and O–H groups in total. The van der Waals surface area contributed by atoms with Crippen LogP contribution in [0.4, 0.5) is 4.39 Å². The third kappa shape index (κ3) is 1.40. The van der Waals surface area contributed by atoms with E-state index in [0.29, 0.717) is 0 Å². The Morgan fingerprint density at radius 2 is 2.21 bits per heavy atom. The Kier molecular flexibility index (Phi) is 2.25. The molecule has 2 nitrogen and oxygen atoms in total. The van der Waals surface area contributed by atoms with Gasteiger partial charge in [0.1, 0.15) is 5.82 Å². The highest BCUT2D eigenvalue weighted by Gasteiger charge is 2.09. The summed E-state index contributed by atoms with van der Waals surface area (Å²) >= 11 is 0. The van der Waals surface area contributed by atoms with Crippen molar-refractivity contribution in [1.29, 1.82) is 0 Å². The molecule has 0 amide bonds. The lowest BCUT2D eigenvalue weighted by molar-refractivity contribution is 0.629. The topological polar surface area (TPSA) is 27.8 Å². The summed E-state index contributed by atoms with van der Waals surface area (Å²) in [5.41, 5.74) is 2.02. The molecule has 1 heterocycles. The van der Waals surface area contributed by atoms with E-state index >= 15 is 0 Å². The van der Waals surface area contributed by atoms with Gasteiger partial charge in [-0.25, -0.2) is 4.39 Å². The van der Waals surface area contributed by atoms with Gasteiger partial charge in [0.25, 0.3) is 0 Å². The minimum Gasteiger partial charge on any atom is -0.361 e. The molecule has 0 bridgehead atoms. The molecule has 1 atom stereocenters. The first-order valence-corrected chi connectivity index (χ1v) is 4.66. The quantitative estimate of drug-likeness (QED) is 0.752. The van der Waals surface area contributed by atoms with Gasteiger partial charge in [-0.3, -0.25) is 0 Å². The molecule has 1 aromatic heterocycles. The molecule has 0 radical (unpaired) electrons. The molecule has 74 valence electrons. The maximum atomic E-state index is 12.9. The van der Waals surface area contributed by atoms with Crippen molar-refractivity contribution in [3.63, 3.8) is 0 Å². The number of rotatable bonds is 2. The number of aromatic nitrogens is 1. The molecule has 0 aliphatic carbocycles. The summed E-state index contributed by atoms with van der Waals surface area (Å²) in [4.78, 5) is 3.06. The Morgan fingerprint density at radius 3 is 2.93 bits per heavy atom. The van der Waals surface area contributed by atoms with Gasteiger partial charge in [-0.15, -0.1) is 0 Å². The number of aromatic amines is 1. The number of fused-ring (bicyclic) bond motifs is 1. The van der Waals surface area contributed by atoms with Crippen molar-refractivity contribution in [2.24, 2.45) is 0 Å². The van der Waals surface area contributed by atoms with Gasteiger partial charge >= 0.3 is 0 Å². The smallest absolute Gasteiger partial charge is 0.125 e. The van der Waals surface area contributed by atoms with E-state index in [2.05, 4.69) is 17.2 Å². The highest BCUT2D eigenvalue weighted by Crippen LogP contribution is 2.24. The summed E-state index contributed by atoms with van der Waals surface area (Å²) < 4.78 is 12.9. The predicted octanol–water partition coefficient (Wildman–Crippen LogP) is 2.59. The first-order valence-electron chi connectivity index (χ1n) is 4.66. The molecule has 0 saturated heterocycles. The van der Waals surface area contributed by atoms with Gasteiger partial charge in [-0.05, 0) is 37.7 Å². The Hall–Kier alpha value is -1.35. The second-order valence-corrected chi connectivity index (χ2v) is 3.44. The Balaban J connectivity index is 2.58. The van der Waals surface area contributed by atoms with Crippen LogP contribution in [-0.2, 0) is 0 Å². The minimum atomic E-state index is -0.206. The van der Waals surface area contributed by atoms with E-state index in [1.807, 2.05) is 19.3 Å². The molecule has 0 fully saturated rings. The van der Waals surface area contributed by atoms with Crippen molar-refractivity contribution in [3.05, 3.63) is 35.8 Å². The third-order valence-electron chi connectivity index (χ3n) is 2.58. The van der Waals surface area contributed by atoms with E-state index in [1.165, 1.54) is 17.7 Å². The maximum absolute atomic E-state index is 12.9. The molecule has 0 spiro atoms. The highest BCUT2D eigenvalue weighted by atomic mass is 19.1. The normalized spacial score (nSPS) is 13.4. The summed E-state index contributed by atoms with van der Waals surface area (Å²) in [6.07, 6.45) is 1.92. The van der Waals surface area contributed by atoms with Crippen LogP contribution in [0.5, 0.6) is 0 Å².